The number of rotatable bonds is 4. The second kappa shape index (κ2) is 7.81. The second-order valence-electron chi connectivity index (χ2n) is 8.84. The van der Waals surface area contributed by atoms with Crippen molar-refractivity contribution in [2.75, 3.05) is 13.1 Å². The zero-order valence-electron chi connectivity index (χ0n) is 18.4. The molecule has 7 rings (SSSR count). The maximum Gasteiger partial charge on any atom is 0.259 e. The normalized spacial score (nSPS) is 19.5. The Bertz CT molecular complexity index is 1400. The molecule has 0 atom stereocenters. The summed E-state index contributed by atoms with van der Waals surface area (Å²) in [5.74, 6) is 1.20. The van der Waals surface area contributed by atoms with Crippen molar-refractivity contribution in [3.63, 3.8) is 0 Å². The molecular formula is C25H24FN5O2. The fraction of sp³-hybridized carbons (Fsp3) is 0.320. The van der Waals surface area contributed by atoms with Crippen molar-refractivity contribution in [3.05, 3.63) is 81.9 Å². The molecule has 4 aromatic rings. The molecule has 3 aliphatic rings. The van der Waals surface area contributed by atoms with Crippen molar-refractivity contribution in [2.45, 2.75) is 31.9 Å². The largest absolute Gasteiger partial charge is 0.487 e. The molecule has 33 heavy (non-hydrogen) atoms. The minimum Gasteiger partial charge on any atom is -0.487 e. The van der Waals surface area contributed by atoms with Crippen molar-refractivity contribution in [3.8, 4) is 11.6 Å². The summed E-state index contributed by atoms with van der Waals surface area (Å²) in [6.07, 6.45) is 5.20. The third-order valence-corrected chi connectivity index (χ3v) is 6.84. The number of pyridine rings is 3. The van der Waals surface area contributed by atoms with Gasteiger partial charge in [0.05, 0.1) is 11.9 Å². The molecule has 0 spiro atoms. The average molecular weight is 445 g/mol. The van der Waals surface area contributed by atoms with Crippen LogP contribution in [0.25, 0.3) is 16.9 Å². The molecule has 168 valence electrons. The number of hydrogen-bond donors (Lipinski definition) is 0. The highest BCUT2D eigenvalue weighted by Gasteiger charge is 2.32. The molecule has 0 saturated carbocycles. The first-order chi connectivity index (χ1) is 16.1. The number of hydrogen-bond acceptors (Lipinski definition) is 5. The Labute approximate surface area is 190 Å². The maximum absolute atomic E-state index is 13.0. The minimum atomic E-state index is -0.398. The first-order valence-electron chi connectivity index (χ1n) is 11.2. The fourth-order valence-electron chi connectivity index (χ4n) is 5.18. The lowest BCUT2D eigenvalue weighted by Gasteiger charge is -2.27. The minimum absolute atomic E-state index is 0.154. The first-order valence-corrected chi connectivity index (χ1v) is 11.2. The van der Waals surface area contributed by atoms with Gasteiger partial charge in [-0.1, -0.05) is 0 Å². The number of aryl methyl sites for hydroxylation is 1. The van der Waals surface area contributed by atoms with Crippen LogP contribution in [0, 0.1) is 5.82 Å². The Morgan fingerprint density at radius 2 is 2.00 bits per heavy atom. The van der Waals surface area contributed by atoms with Gasteiger partial charge in [0.25, 0.3) is 5.56 Å². The van der Waals surface area contributed by atoms with Crippen LogP contribution in [0.15, 0.2) is 53.6 Å². The summed E-state index contributed by atoms with van der Waals surface area (Å²) in [6.45, 7) is 3.45. The van der Waals surface area contributed by atoms with E-state index in [1.54, 1.807) is 18.3 Å². The van der Waals surface area contributed by atoms with Gasteiger partial charge < -0.3 is 9.30 Å². The Kier molecular flexibility index (Phi) is 4.76. The molecule has 2 bridgehead atoms. The predicted molar refractivity (Wildman–Crippen MR) is 122 cm³/mol. The summed E-state index contributed by atoms with van der Waals surface area (Å²) in [4.78, 5) is 24.2. The van der Waals surface area contributed by atoms with E-state index in [4.69, 9.17) is 9.72 Å². The van der Waals surface area contributed by atoms with Gasteiger partial charge in [-0.15, -0.1) is 0 Å². The standard InChI is InChI=1S/C25H24FN5O2/c1-29-24-16-6-9-30(10-7-16)14-21(24)20-4-5-22(28-25(20)29)31-11-8-19(12-23(31)32)33-15-18-3-2-17(26)13-27-18/h2-5,8,11-13,16H,6-7,9-10,14-15H2,1H3. The molecule has 1 fully saturated rings. The van der Waals surface area contributed by atoms with Gasteiger partial charge in [0, 0.05) is 42.9 Å². The lowest BCUT2D eigenvalue weighted by atomic mass is 9.94. The summed E-state index contributed by atoms with van der Waals surface area (Å²) < 4.78 is 22.4. The van der Waals surface area contributed by atoms with E-state index in [1.165, 1.54) is 46.2 Å². The molecule has 1 saturated heterocycles. The lowest BCUT2D eigenvalue weighted by molar-refractivity contribution is 0.220. The molecule has 8 heteroatoms. The molecule has 0 aromatic carbocycles. The van der Waals surface area contributed by atoms with Crippen molar-refractivity contribution >= 4 is 11.0 Å². The molecule has 0 radical (unpaired) electrons. The van der Waals surface area contributed by atoms with Crippen LogP contribution in [0.4, 0.5) is 4.39 Å². The Morgan fingerprint density at radius 1 is 1.15 bits per heavy atom. The smallest absolute Gasteiger partial charge is 0.259 e. The second-order valence-corrected chi connectivity index (χ2v) is 8.84. The summed E-state index contributed by atoms with van der Waals surface area (Å²) in [6, 6.07) is 10.1. The van der Waals surface area contributed by atoms with Crippen LogP contribution in [-0.2, 0) is 20.2 Å². The van der Waals surface area contributed by atoms with Gasteiger partial charge >= 0.3 is 0 Å². The van der Waals surface area contributed by atoms with Crippen LogP contribution in [0.3, 0.4) is 0 Å². The third kappa shape index (κ3) is 3.51. The van der Waals surface area contributed by atoms with E-state index in [2.05, 4.69) is 27.6 Å². The van der Waals surface area contributed by atoms with Crippen LogP contribution in [-0.4, -0.2) is 37.1 Å². The molecule has 7 heterocycles. The molecule has 4 aromatic heterocycles. The average Bonchev–Trinajstić information content (AvgIpc) is 2.97. The highest BCUT2D eigenvalue weighted by atomic mass is 19.1. The predicted octanol–water partition coefficient (Wildman–Crippen LogP) is 3.53. The summed E-state index contributed by atoms with van der Waals surface area (Å²) in [7, 11) is 2.09. The molecule has 0 unspecified atom stereocenters. The quantitative estimate of drug-likeness (QED) is 0.481. The van der Waals surface area contributed by atoms with Gasteiger partial charge in [-0.3, -0.25) is 19.2 Å². The van der Waals surface area contributed by atoms with E-state index in [9.17, 15) is 9.18 Å². The lowest BCUT2D eigenvalue weighted by Crippen LogP contribution is -2.29. The summed E-state index contributed by atoms with van der Waals surface area (Å²) >= 11 is 0. The van der Waals surface area contributed by atoms with Gasteiger partial charge in [-0.05, 0) is 61.8 Å². The molecule has 3 aliphatic heterocycles. The molecule has 0 N–H and O–H groups in total. The van der Waals surface area contributed by atoms with Gasteiger partial charge in [0.1, 0.15) is 29.6 Å². The Balaban J connectivity index is 1.30. The van der Waals surface area contributed by atoms with E-state index in [0.29, 0.717) is 23.2 Å². The van der Waals surface area contributed by atoms with Gasteiger partial charge in [0.2, 0.25) is 0 Å². The van der Waals surface area contributed by atoms with Crippen LogP contribution in [0.5, 0.6) is 5.75 Å². The SMILES string of the molecule is Cn1c2c(c3ccc(-n4ccc(OCc5ccc(F)cn5)cc4=O)nc31)CN1CCC2CC1. The summed E-state index contributed by atoms with van der Waals surface area (Å²) in [5.41, 5.74) is 4.06. The number of aromatic nitrogens is 4. The highest BCUT2D eigenvalue weighted by molar-refractivity contribution is 5.83. The van der Waals surface area contributed by atoms with Crippen LogP contribution < -0.4 is 10.3 Å². The molecular weight excluding hydrogens is 421 g/mol. The van der Waals surface area contributed by atoms with Crippen molar-refractivity contribution in [2.24, 2.45) is 7.05 Å². The van der Waals surface area contributed by atoms with Gasteiger partial charge in [0.15, 0.2) is 0 Å². The van der Waals surface area contributed by atoms with Crippen molar-refractivity contribution in [1.82, 2.24) is 24.0 Å². The topological polar surface area (TPSA) is 65.2 Å². The summed E-state index contributed by atoms with van der Waals surface area (Å²) in [5, 5.41) is 1.18. The molecule has 7 nitrogen and oxygen atoms in total. The van der Waals surface area contributed by atoms with Crippen molar-refractivity contribution in [1.29, 1.82) is 0 Å². The van der Waals surface area contributed by atoms with E-state index < -0.39 is 5.82 Å². The van der Waals surface area contributed by atoms with E-state index in [1.807, 2.05) is 6.07 Å². The van der Waals surface area contributed by atoms with E-state index >= 15 is 0 Å². The zero-order chi connectivity index (χ0) is 22.5. The Morgan fingerprint density at radius 3 is 2.76 bits per heavy atom. The van der Waals surface area contributed by atoms with Crippen LogP contribution in [0.1, 0.15) is 35.7 Å². The number of fused-ring (bicyclic) bond motifs is 3. The van der Waals surface area contributed by atoms with Crippen LogP contribution in [0.2, 0.25) is 0 Å². The number of piperidine rings is 1. The monoisotopic (exact) mass is 445 g/mol. The Hall–Kier alpha value is -3.52. The van der Waals surface area contributed by atoms with Crippen molar-refractivity contribution < 1.29 is 9.13 Å². The fourth-order valence-corrected chi connectivity index (χ4v) is 5.18. The third-order valence-electron chi connectivity index (χ3n) is 6.84. The van der Waals surface area contributed by atoms with E-state index in [0.717, 1.165) is 31.5 Å². The maximum atomic E-state index is 13.0. The number of halogens is 1. The zero-order valence-corrected chi connectivity index (χ0v) is 18.4. The van der Waals surface area contributed by atoms with Gasteiger partial charge in [-0.25, -0.2) is 9.37 Å². The van der Waals surface area contributed by atoms with Gasteiger partial charge in [-0.2, -0.15) is 0 Å². The highest BCUT2D eigenvalue weighted by Crippen LogP contribution is 2.40. The van der Waals surface area contributed by atoms with E-state index in [-0.39, 0.29) is 12.2 Å². The molecule has 0 aliphatic carbocycles. The van der Waals surface area contributed by atoms with Crippen LogP contribution >= 0.6 is 0 Å². The first kappa shape index (κ1) is 20.1. The molecule has 0 amide bonds. The number of ether oxygens (including phenoxy) is 1. The number of nitrogens with zero attached hydrogens (tertiary/aromatic N) is 5.